The Labute approximate surface area is 167 Å². The molecule has 5 rings (SSSR count). The standard InChI is InChI=1S/C22H21N3O4/c23-24-18(26)14-5-7-15(8-6-14)21(9-10-21)20(28)25-12-11-22(13-25)17-4-2-1-3-16(17)19(27)29-22/h1-8H,9-13,23H2,(H,24,26)/t22-/m0/s1. The molecule has 0 radical (unpaired) electrons. The zero-order chi connectivity index (χ0) is 20.2. The summed E-state index contributed by atoms with van der Waals surface area (Å²) in [7, 11) is 0. The highest BCUT2D eigenvalue weighted by Crippen LogP contribution is 2.52. The third kappa shape index (κ3) is 2.57. The van der Waals surface area contributed by atoms with E-state index in [9.17, 15) is 14.4 Å². The van der Waals surface area contributed by atoms with Gasteiger partial charge in [-0.25, -0.2) is 10.6 Å². The molecule has 0 unspecified atom stereocenters. The smallest absolute Gasteiger partial charge is 0.339 e. The Morgan fingerprint density at radius 3 is 2.45 bits per heavy atom. The van der Waals surface area contributed by atoms with Gasteiger partial charge in [0.1, 0.15) is 0 Å². The first kappa shape index (κ1) is 17.9. The average Bonchev–Trinajstić information content (AvgIpc) is 3.39. The molecule has 1 spiro atoms. The van der Waals surface area contributed by atoms with Gasteiger partial charge in [-0.05, 0) is 36.6 Å². The predicted molar refractivity (Wildman–Crippen MR) is 104 cm³/mol. The summed E-state index contributed by atoms with van der Waals surface area (Å²) < 4.78 is 5.76. The molecule has 1 saturated heterocycles. The molecular formula is C22H21N3O4. The van der Waals surface area contributed by atoms with E-state index >= 15 is 0 Å². The van der Waals surface area contributed by atoms with Gasteiger partial charge in [-0.2, -0.15) is 0 Å². The monoisotopic (exact) mass is 391 g/mol. The quantitative estimate of drug-likeness (QED) is 0.358. The number of hydrogen-bond acceptors (Lipinski definition) is 5. The normalized spacial score (nSPS) is 23.6. The molecule has 2 fully saturated rings. The van der Waals surface area contributed by atoms with E-state index in [0.717, 1.165) is 24.0 Å². The number of hydrazine groups is 1. The summed E-state index contributed by atoms with van der Waals surface area (Å²) in [5.41, 5.74) is 3.65. The number of benzene rings is 2. The summed E-state index contributed by atoms with van der Waals surface area (Å²) in [6.07, 6.45) is 2.15. The van der Waals surface area contributed by atoms with Crippen molar-refractivity contribution in [3.63, 3.8) is 0 Å². The van der Waals surface area contributed by atoms with Crippen LogP contribution in [0.2, 0.25) is 0 Å². The van der Waals surface area contributed by atoms with E-state index in [2.05, 4.69) is 5.43 Å². The van der Waals surface area contributed by atoms with Crippen LogP contribution in [0.4, 0.5) is 0 Å². The molecule has 3 aliphatic rings. The molecular weight excluding hydrogens is 370 g/mol. The van der Waals surface area contributed by atoms with Gasteiger partial charge >= 0.3 is 5.97 Å². The first-order valence-electron chi connectivity index (χ1n) is 9.73. The minimum atomic E-state index is -0.734. The van der Waals surface area contributed by atoms with Crippen LogP contribution in [-0.4, -0.2) is 35.8 Å². The lowest BCUT2D eigenvalue weighted by Crippen LogP contribution is -2.40. The minimum Gasteiger partial charge on any atom is -0.449 e. The van der Waals surface area contributed by atoms with E-state index in [1.807, 2.05) is 35.2 Å². The number of rotatable bonds is 3. The van der Waals surface area contributed by atoms with Crippen LogP contribution in [0.3, 0.4) is 0 Å². The highest BCUT2D eigenvalue weighted by molar-refractivity contribution is 5.96. The lowest BCUT2D eigenvalue weighted by atomic mass is 9.91. The molecule has 1 saturated carbocycles. The van der Waals surface area contributed by atoms with Crippen molar-refractivity contribution >= 4 is 17.8 Å². The van der Waals surface area contributed by atoms with E-state index in [1.165, 1.54) is 0 Å². The second-order valence-corrected chi connectivity index (χ2v) is 8.04. The van der Waals surface area contributed by atoms with Crippen molar-refractivity contribution in [1.82, 2.24) is 10.3 Å². The summed E-state index contributed by atoms with van der Waals surface area (Å²) in [6, 6.07) is 14.4. The number of nitrogen functional groups attached to an aromatic ring is 1. The van der Waals surface area contributed by atoms with Crippen LogP contribution in [0, 0.1) is 0 Å². The zero-order valence-electron chi connectivity index (χ0n) is 15.8. The van der Waals surface area contributed by atoms with E-state index < -0.39 is 11.0 Å². The molecule has 7 nitrogen and oxygen atoms in total. The Bertz CT molecular complexity index is 1030. The van der Waals surface area contributed by atoms with Gasteiger partial charge in [-0.15, -0.1) is 0 Å². The van der Waals surface area contributed by atoms with Crippen molar-refractivity contribution in [2.45, 2.75) is 30.3 Å². The SMILES string of the molecule is NNC(=O)c1ccc(C2(C(=O)N3CC[C@@]4(C3)OC(=O)c3ccccc34)CC2)cc1. The number of likely N-dealkylation sites (tertiary alicyclic amines) is 1. The largest absolute Gasteiger partial charge is 0.449 e. The molecule has 1 atom stereocenters. The number of esters is 1. The summed E-state index contributed by atoms with van der Waals surface area (Å²) in [4.78, 5) is 39.2. The van der Waals surface area contributed by atoms with Crippen LogP contribution >= 0.6 is 0 Å². The van der Waals surface area contributed by atoms with Gasteiger partial charge in [-0.1, -0.05) is 30.3 Å². The molecule has 0 aromatic heterocycles. The number of nitrogens with zero attached hydrogens (tertiary/aromatic N) is 1. The van der Waals surface area contributed by atoms with Gasteiger partial charge in [0.2, 0.25) is 5.91 Å². The van der Waals surface area contributed by atoms with Gasteiger partial charge in [0.15, 0.2) is 5.60 Å². The van der Waals surface area contributed by atoms with Crippen molar-refractivity contribution in [3.05, 3.63) is 70.8 Å². The van der Waals surface area contributed by atoms with Crippen molar-refractivity contribution < 1.29 is 19.1 Å². The maximum Gasteiger partial charge on any atom is 0.339 e. The molecule has 2 amide bonds. The fraction of sp³-hybridized carbons (Fsp3) is 0.318. The Kier molecular flexibility index (Phi) is 3.79. The summed E-state index contributed by atoms with van der Waals surface area (Å²) >= 11 is 0. The highest BCUT2D eigenvalue weighted by Gasteiger charge is 2.57. The van der Waals surface area contributed by atoms with E-state index in [4.69, 9.17) is 10.6 Å². The molecule has 7 heteroatoms. The fourth-order valence-corrected chi connectivity index (χ4v) is 4.68. The number of fused-ring (bicyclic) bond motifs is 2. The maximum atomic E-state index is 13.4. The lowest BCUT2D eigenvalue weighted by Gasteiger charge is -2.27. The number of carbonyl (C=O) groups excluding carboxylic acids is 3. The first-order chi connectivity index (χ1) is 14.0. The van der Waals surface area contributed by atoms with E-state index in [0.29, 0.717) is 30.6 Å². The number of nitrogens with two attached hydrogens (primary N) is 1. The second kappa shape index (κ2) is 6.15. The fourth-order valence-electron chi connectivity index (χ4n) is 4.68. The van der Waals surface area contributed by atoms with E-state index in [1.54, 1.807) is 18.2 Å². The van der Waals surface area contributed by atoms with Crippen LogP contribution in [0.1, 0.15) is 51.1 Å². The van der Waals surface area contributed by atoms with Crippen LogP contribution in [0.15, 0.2) is 48.5 Å². The maximum absolute atomic E-state index is 13.4. The molecule has 2 aromatic carbocycles. The van der Waals surface area contributed by atoms with Gasteiger partial charge < -0.3 is 9.64 Å². The molecule has 1 aliphatic carbocycles. The van der Waals surface area contributed by atoms with Gasteiger partial charge in [0, 0.05) is 24.1 Å². The Morgan fingerprint density at radius 2 is 1.76 bits per heavy atom. The number of amides is 2. The van der Waals surface area contributed by atoms with Crippen molar-refractivity contribution in [2.24, 2.45) is 5.84 Å². The molecule has 3 N–H and O–H groups in total. The molecule has 2 aliphatic heterocycles. The molecule has 148 valence electrons. The topological polar surface area (TPSA) is 102 Å². The molecule has 0 bridgehead atoms. The van der Waals surface area contributed by atoms with Gasteiger partial charge in [-0.3, -0.25) is 15.0 Å². The Hall–Kier alpha value is -3.19. The average molecular weight is 391 g/mol. The molecule has 29 heavy (non-hydrogen) atoms. The van der Waals surface area contributed by atoms with E-state index in [-0.39, 0.29) is 17.8 Å². The van der Waals surface area contributed by atoms with Crippen molar-refractivity contribution in [1.29, 1.82) is 0 Å². The summed E-state index contributed by atoms with van der Waals surface area (Å²) in [5.74, 6) is 4.56. The van der Waals surface area contributed by atoms with Crippen molar-refractivity contribution in [2.75, 3.05) is 13.1 Å². The second-order valence-electron chi connectivity index (χ2n) is 8.04. The zero-order valence-corrected chi connectivity index (χ0v) is 15.8. The van der Waals surface area contributed by atoms with Crippen LogP contribution < -0.4 is 11.3 Å². The summed E-state index contributed by atoms with van der Waals surface area (Å²) in [5, 5.41) is 0. The van der Waals surface area contributed by atoms with Gasteiger partial charge in [0.25, 0.3) is 5.91 Å². The minimum absolute atomic E-state index is 0.0610. The van der Waals surface area contributed by atoms with Crippen molar-refractivity contribution in [3.8, 4) is 0 Å². The van der Waals surface area contributed by atoms with Crippen LogP contribution in [-0.2, 0) is 20.5 Å². The molecule has 2 heterocycles. The third-order valence-corrected chi connectivity index (χ3v) is 6.44. The number of hydrogen-bond donors (Lipinski definition) is 2. The number of carbonyl (C=O) groups is 3. The highest BCUT2D eigenvalue weighted by atomic mass is 16.6. The Morgan fingerprint density at radius 1 is 1.03 bits per heavy atom. The number of nitrogens with one attached hydrogen (secondary N) is 1. The van der Waals surface area contributed by atoms with Gasteiger partial charge in [0.05, 0.1) is 17.5 Å². The van der Waals surface area contributed by atoms with Crippen LogP contribution in [0.25, 0.3) is 0 Å². The first-order valence-corrected chi connectivity index (χ1v) is 9.73. The molecule has 2 aromatic rings. The third-order valence-electron chi connectivity index (χ3n) is 6.44. The Balaban J connectivity index is 1.38. The number of ether oxygens (including phenoxy) is 1. The summed E-state index contributed by atoms with van der Waals surface area (Å²) in [6.45, 7) is 0.930. The van der Waals surface area contributed by atoms with Crippen LogP contribution in [0.5, 0.6) is 0 Å². The lowest BCUT2D eigenvalue weighted by molar-refractivity contribution is -0.134. The predicted octanol–water partition coefficient (Wildman–Crippen LogP) is 1.62.